The summed E-state index contributed by atoms with van der Waals surface area (Å²) < 4.78 is 27.1. The van der Waals surface area contributed by atoms with Gasteiger partial charge in [-0.2, -0.15) is 0 Å². The minimum atomic E-state index is -3.78. The fourth-order valence-electron chi connectivity index (χ4n) is 2.93. The number of carbonyl (C=O) groups excluding carboxylic acids is 1. The number of hydrogen-bond donors (Lipinski definition) is 1. The number of carbonyl (C=O) groups is 1. The highest BCUT2D eigenvalue weighted by molar-refractivity contribution is 7.92. The van der Waals surface area contributed by atoms with Gasteiger partial charge in [0.15, 0.2) is 0 Å². The van der Waals surface area contributed by atoms with Crippen LogP contribution in [0.25, 0.3) is 0 Å². The van der Waals surface area contributed by atoms with Gasteiger partial charge in [-0.15, -0.1) is 0 Å². The summed E-state index contributed by atoms with van der Waals surface area (Å²) in [5.41, 5.74) is 3.46. The molecule has 1 N–H and O–H groups in total. The van der Waals surface area contributed by atoms with Gasteiger partial charge in [0.25, 0.3) is 15.9 Å². The quantitative estimate of drug-likeness (QED) is 0.698. The van der Waals surface area contributed by atoms with Gasteiger partial charge in [-0.05, 0) is 55.3 Å². The van der Waals surface area contributed by atoms with E-state index < -0.39 is 10.0 Å². The molecule has 0 saturated carbocycles. The summed E-state index contributed by atoms with van der Waals surface area (Å²) >= 11 is 0. The molecule has 0 aromatic heterocycles. The number of nitrogens with zero attached hydrogens (tertiary/aromatic N) is 1. The molecule has 0 atom stereocenters. The zero-order chi connectivity index (χ0) is 20.3. The molecule has 0 aliphatic carbocycles. The summed E-state index contributed by atoms with van der Waals surface area (Å²) in [5, 5.41) is 2.89. The lowest BCUT2D eigenvalue weighted by molar-refractivity contribution is 0.102. The van der Waals surface area contributed by atoms with Crippen LogP contribution >= 0.6 is 0 Å². The molecule has 1 amide bonds. The highest BCUT2D eigenvalue weighted by Crippen LogP contribution is 2.24. The Labute approximate surface area is 165 Å². The molecular formula is C22H22N2O3S. The summed E-state index contributed by atoms with van der Waals surface area (Å²) in [6.45, 7) is 3.83. The number of para-hydroxylation sites is 2. The fourth-order valence-corrected chi connectivity index (χ4v) is 4.17. The van der Waals surface area contributed by atoms with Crippen molar-refractivity contribution >= 4 is 27.3 Å². The summed E-state index contributed by atoms with van der Waals surface area (Å²) in [5.74, 6) is -0.350. The molecule has 144 valence electrons. The number of rotatable bonds is 5. The van der Waals surface area contributed by atoms with Crippen molar-refractivity contribution in [3.63, 3.8) is 0 Å². The molecule has 3 aromatic carbocycles. The van der Waals surface area contributed by atoms with E-state index in [2.05, 4.69) is 5.32 Å². The summed E-state index contributed by atoms with van der Waals surface area (Å²) in [6.07, 6.45) is 0. The standard InChI is InChI=1S/C22H22N2O3S/c1-16-9-7-10-17(2)21(16)23-22(25)18-11-8-14-20(15-18)28(26,27)24(3)19-12-5-4-6-13-19/h4-15H,1-3H3,(H,23,25). The van der Waals surface area contributed by atoms with Crippen molar-refractivity contribution in [3.8, 4) is 0 Å². The average molecular weight is 394 g/mol. The first-order valence-electron chi connectivity index (χ1n) is 8.82. The maximum absolute atomic E-state index is 13.0. The Morgan fingerprint density at radius 3 is 2.11 bits per heavy atom. The molecule has 0 fully saturated rings. The molecule has 5 nitrogen and oxygen atoms in total. The lowest BCUT2D eigenvalue weighted by atomic mass is 10.1. The fraction of sp³-hybridized carbons (Fsp3) is 0.136. The number of benzene rings is 3. The number of sulfonamides is 1. The molecule has 0 spiro atoms. The highest BCUT2D eigenvalue weighted by atomic mass is 32.2. The first-order valence-corrected chi connectivity index (χ1v) is 10.3. The van der Waals surface area contributed by atoms with Crippen molar-refractivity contribution in [3.05, 3.63) is 89.5 Å². The van der Waals surface area contributed by atoms with Crippen LogP contribution in [-0.2, 0) is 10.0 Å². The Balaban J connectivity index is 1.90. The van der Waals surface area contributed by atoms with Gasteiger partial charge in [0.2, 0.25) is 0 Å². The van der Waals surface area contributed by atoms with Crippen molar-refractivity contribution in [2.75, 3.05) is 16.7 Å². The molecular weight excluding hydrogens is 372 g/mol. The lowest BCUT2D eigenvalue weighted by Crippen LogP contribution is -2.26. The number of aryl methyl sites for hydroxylation is 2. The maximum atomic E-state index is 13.0. The predicted molar refractivity (Wildman–Crippen MR) is 112 cm³/mol. The Bertz CT molecular complexity index is 1090. The van der Waals surface area contributed by atoms with Gasteiger partial charge in [0, 0.05) is 18.3 Å². The largest absolute Gasteiger partial charge is 0.322 e. The molecule has 3 aromatic rings. The molecule has 0 radical (unpaired) electrons. The Hall–Kier alpha value is -3.12. The van der Waals surface area contributed by atoms with Gasteiger partial charge in [-0.3, -0.25) is 9.10 Å². The van der Waals surface area contributed by atoms with Gasteiger partial charge in [0.05, 0.1) is 10.6 Å². The normalized spacial score (nSPS) is 11.1. The van der Waals surface area contributed by atoms with Crippen LogP contribution in [0.3, 0.4) is 0 Å². The SMILES string of the molecule is Cc1cccc(C)c1NC(=O)c1cccc(S(=O)(=O)N(C)c2ccccc2)c1. The van der Waals surface area contributed by atoms with Crippen LogP contribution in [0.5, 0.6) is 0 Å². The van der Waals surface area contributed by atoms with Crippen molar-refractivity contribution in [2.24, 2.45) is 0 Å². The minimum Gasteiger partial charge on any atom is -0.322 e. The van der Waals surface area contributed by atoms with E-state index >= 15 is 0 Å². The first kappa shape index (κ1) is 19.6. The summed E-state index contributed by atoms with van der Waals surface area (Å²) in [7, 11) is -2.29. The second-order valence-electron chi connectivity index (χ2n) is 6.56. The third-order valence-electron chi connectivity index (χ3n) is 4.59. The number of anilines is 2. The maximum Gasteiger partial charge on any atom is 0.264 e. The van der Waals surface area contributed by atoms with E-state index in [1.165, 1.54) is 23.5 Å². The molecule has 0 aliphatic rings. The Morgan fingerprint density at radius 2 is 1.46 bits per heavy atom. The molecule has 0 saturated heterocycles. The molecule has 0 heterocycles. The van der Waals surface area contributed by atoms with Gasteiger partial charge in [0.1, 0.15) is 0 Å². The third kappa shape index (κ3) is 3.92. The second kappa shape index (κ2) is 7.86. The van der Waals surface area contributed by atoms with Crippen molar-refractivity contribution in [1.82, 2.24) is 0 Å². The van der Waals surface area contributed by atoms with Gasteiger partial charge in [-0.25, -0.2) is 8.42 Å². The van der Waals surface area contributed by atoms with Crippen LogP contribution in [0.4, 0.5) is 11.4 Å². The van der Waals surface area contributed by atoms with Gasteiger partial charge < -0.3 is 5.32 Å². The lowest BCUT2D eigenvalue weighted by Gasteiger charge is -2.20. The van der Waals surface area contributed by atoms with Crippen molar-refractivity contribution in [1.29, 1.82) is 0 Å². The number of hydrogen-bond acceptors (Lipinski definition) is 3. The van der Waals surface area contributed by atoms with Crippen LogP contribution in [-0.4, -0.2) is 21.4 Å². The van der Waals surface area contributed by atoms with Gasteiger partial charge >= 0.3 is 0 Å². The summed E-state index contributed by atoms with van der Waals surface area (Å²) in [4.78, 5) is 12.8. The van der Waals surface area contributed by atoms with E-state index in [1.807, 2.05) is 38.1 Å². The Morgan fingerprint density at radius 1 is 0.857 bits per heavy atom. The molecule has 0 aliphatic heterocycles. The second-order valence-corrected chi connectivity index (χ2v) is 8.53. The zero-order valence-electron chi connectivity index (χ0n) is 16.0. The molecule has 6 heteroatoms. The predicted octanol–water partition coefficient (Wildman–Crippen LogP) is 4.38. The van der Waals surface area contributed by atoms with Crippen LogP contribution in [0.15, 0.2) is 77.7 Å². The van der Waals surface area contributed by atoms with Gasteiger partial charge in [-0.1, -0.05) is 42.5 Å². The highest BCUT2D eigenvalue weighted by Gasteiger charge is 2.22. The van der Waals surface area contributed by atoms with Crippen molar-refractivity contribution < 1.29 is 13.2 Å². The topological polar surface area (TPSA) is 66.5 Å². The molecule has 0 unspecified atom stereocenters. The van der Waals surface area contributed by atoms with Crippen LogP contribution < -0.4 is 9.62 Å². The van der Waals surface area contributed by atoms with E-state index in [9.17, 15) is 13.2 Å². The van der Waals surface area contributed by atoms with E-state index in [1.54, 1.807) is 36.4 Å². The van der Waals surface area contributed by atoms with E-state index in [0.717, 1.165) is 16.8 Å². The van der Waals surface area contributed by atoms with Crippen LogP contribution in [0.2, 0.25) is 0 Å². The minimum absolute atomic E-state index is 0.0630. The first-order chi connectivity index (χ1) is 13.3. The van der Waals surface area contributed by atoms with Crippen LogP contribution in [0.1, 0.15) is 21.5 Å². The number of nitrogens with one attached hydrogen (secondary N) is 1. The monoisotopic (exact) mass is 394 g/mol. The smallest absolute Gasteiger partial charge is 0.264 e. The van der Waals surface area contributed by atoms with E-state index in [-0.39, 0.29) is 16.4 Å². The van der Waals surface area contributed by atoms with E-state index in [0.29, 0.717) is 5.69 Å². The zero-order valence-corrected chi connectivity index (χ0v) is 16.8. The third-order valence-corrected chi connectivity index (χ3v) is 6.38. The molecule has 28 heavy (non-hydrogen) atoms. The number of amides is 1. The average Bonchev–Trinajstić information content (AvgIpc) is 2.71. The Kier molecular flexibility index (Phi) is 5.51. The van der Waals surface area contributed by atoms with Crippen molar-refractivity contribution in [2.45, 2.75) is 18.7 Å². The van der Waals surface area contributed by atoms with E-state index in [4.69, 9.17) is 0 Å². The molecule has 3 rings (SSSR count). The van der Waals surface area contributed by atoms with Crippen LogP contribution in [0, 0.1) is 13.8 Å². The molecule has 0 bridgehead atoms. The summed E-state index contributed by atoms with van der Waals surface area (Å²) in [6, 6.07) is 20.6.